The number of benzene rings is 2. The van der Waals surface area contributed by atoms with E-state index in [9.17, 15) is 18.4 Å². The molecular weight excluding hydrogens is 486 g/mol. The molecule has 4 heterocycles. The van der Waals surface area contributed by atoms with E-state index < -0.39 is 11.6 Å². The lowest BCUT2D eigenvalue weighted by atomic mass is 9.93. The quantitative estimate of drug-likeness (QED) is 0.453. The van der Waals surface area contributed by atoms with Crippen LogP contribution in [0.5, 0.6) is 0 Å². The average Bonchev–Trinajstić information content (AvgIpc) is 3.64. The molecule has 1 aromatic heterocycles. The highest BCUT2D eigenvalue weighted by molar-refractivity contribution is 6.36. The number of nitrogens with one attached hydrogen (secondary N) is 2. The first-order valence-corrected chi connectivity index (χ1v) is 13.2. The number of carbonyl (C=O) groups is 2. The lowest BCUT2D eigenvalue weighted by Crippen LogP contribution is -2.46. The maximum absolute atomic E-state index is 14.7. The highest BCUT2D eigenvalue weighted by atomic mass is 19.1. The molecular formula is C30H30F2N4O2. The molecule has 2 aromatic carbocycles. The van der Waals surface area contributed by atoms with Gasteiger partial charge in [-0.2, -0.15) is 0 Å². The van der Waals surface area contributed by atoms with Crippen molar-refractivity contribution in [1.82, 2.24) is 14.8 Å². The van der Waals surface area contributed by atoms with E-state index in [0.29, 0.717) is 52.8 Å². The molecule has 2 fully saturated rings. The van der Waals surface area contributed by atoms with Gasteiger partial charge in [-0.1, -0.05) is 12.1 Å². The minimum atomic E-state index is -0.707. The number of hydrogen-bond acceptors (Lipinski definition) is 3. The van der Waals surface area contributed by atoms with Crippen LogP contribution in [0, 0.1) is 18.6 Å². The van der Waals surface area contributed by atoms with Gasteiger partial charge in [-0.25, -0.2) is 8.78 Å². The summed E-state index contributed by atoms with van der Waals surface area (Å²) >= 11 is 0. The molecule has 8 heteroatoms. The smallest absolute Gasteiger partial charge is 0.256 e. The largest absolute Gasteiger partial charge is 0.358 e. The number of piperidine rings is 1. The molecule has 2 saturated heterocycles. The van der Waals surface area contributed by atoms with Crippen LogP contribution in [0.15, 0.2) is 42.5 Å². The lowest BCUT2D eigenvalue weighted by Gasteiger charge is -2.36. The number of amides is 2. The predicted octanol–water partition coefficient (Wildman–Crippen LogP) is 5.46. The van der Waals surface area contributed by atoms with Gasteiger partial charge in [0.2, 0.25) is 0 Å². The summed E-state index contributed by atoms with van der Waals surface area (Å²) in [5, 5.41) is 2.84. The average molecular weight is 517 g/mol. The van der Waals surface area contributed by atoms with Crippen molar-refractivity contribution in [1.29, 1.82) is 0 Å². The number of anilines is 1. The highest BCUT2D eigenvalue weighted by Crippen LogP contribution is 2.41. The van der Waals surface area contributed by atoms with Crippen LogP contribution in [0.4, 0.5) is 14.5 Å². The van der Waals surface area contributed by atoms with Gasteiger partial charge in [0.1, 0.15) is 11.6 Å². The number of nitrogens with zero attached hydrogens (tertiary/aromatic N) is 2. The number of halogens is 2. The van der Waals surface area contributed by atoms with Crippen LogP contribution >= 0.6 is 0 Å². The Balaban J connectivity index is 1.32. The minimum Gasteiger partial charge on any atom is -0.358 e. The SMILES string of the molecule is Cc1cc(C(=O)N2CCC(N3CCCC3)CC2)c(/C=C2\C(=O)Nc3cccc(-c4ccc(F)cc4F)c32)[nH]1. The Morgan fingerprint density at radius 2 is 1.76 bits per heavy atom. The third-order valence-corrected chi connectivity index (χ3v) is 7.96. The second-order valence-corrected chi connectivity index (χ2v) is 10.4. The Hall–Kier alpha value is -3.78. The molecule has 6 rings (SSSR count). The summed E-state index contributed by atoms with van der Waals surface area (Å²) < 4.78 is 28.3. The third kappa shape index (κ3) is 4.43. The summed E-state index contributed by atoms with van der Waals surface area (Å²) in [6.07, 6.45) is 6.11. The van der Waals surface area contributed by atoms with Crippen molar-refractivity contribution in [2.24, 2.45) is 0 Å². The Morgan fingerprint density at radius 1 is 1.00 bits per heavy atom. The molecule has 38 heavy (non-hydrogen) atoms. The van der Waals surface area contributed by atoms with Gasteiger partial charge in [-0.15, -0.1) is 0 Å². The van der Waals surface area contributed by atoms with E-state index in [1.54, 1.807) is 24.3 Å². The number of aromatic nitrogens is 1. The molecule has 2 N–H and O–H groups in total. The lowest BCUT2D eigenvalue weighted by molar-refractivity contribution is -0.110. The van der Waals surface area contributed by atoms with Crippen LogP contribution in [0.2, 0.25) is 0 Å². The summed E-state index contributed by atoms with van der Waals surface area (Å²) in [7, 11) is 0. The van der Waals surface area contributed by atoms with Crippen LogP contribution < -0.4 is 5.32 Å². The van der Waals surface area contributed by atoms with E-state index in [-0.39, 0.29) is 17.4 Å². The topological polar surface area (TPSA) is 68.4 Å². The zero-order valence-electron chi connectivity index (χ0n) is 21.3. The summed E-state index contributed by atoms with van der Waals surface area (Å²) in [5.41, 5.74) is 3.94. The van der Waals surface area contributed by atoms with Crippen molar-refractivity contribution in [3.63, 3.8) is 0 Å². The number of carbonyl (C=O) groups excluding carboxylic acids is 2. The second kappa shape index (κ2) is 9.83. The predicted molar refractivity (Wildman–Crippen MR) is 144 cm³/mol. The molecule has 0 radical (unpaired) electrons. The van der Waals surface area contributed by atoms with Crippen LogP contribution in [0.3, 0.4) is 0 Å². The number of aryl methyl sites for hydroxylation is 1. The van der Waals surface area contributed by atoms with Crippen molar-refractivity contribution in [3.05, 3.63) is 76.6 Å². The van der Waals surface area contributed by atoms with E-state index in [4.69, 9.17) is 0 Å². The third-order valence-electron chi connectivity index (χ3n) is 7.96. The Labute approximate surface area is 220 Å². The first-order valence-electron chi connectivity index (χ1n) is 13.2. The van der Waals surface area contributed by atoms with Gasteiger partial charge in [-0.05, 0) is 81.6 Å². The normalized spacial score (nSPS) is 19.3. The van der Waals surface area contributed by atoms with E-state index in [0.717, 1.165) is 37.7 Å². The highest BCUT2D eigenvalue weighted by Gasteiger charge is 2.32. The van der Waals surface area contributed by atoms with Crippen molar-refractivity contribution >= 4 is 29.2 Å². The maximum Gasteiger partial charge on any atom is 0.256 e. The number of rotatable bonds is 4. The van der Waals surface area contributed by atoms with E-state index in [1.165, 1.54) is 25.0 Å². The van der Waals surface area contributed by atoms with Gasteiger partial charge in [0.25, 0.3) is 11.8 Å². The molecule has 196 valence electrons. The van der Waals surface area contributed by atoms with Gasteiger partial charge in [0.15, 0.2) is 0 Å². The molecule has 3 aliphatic heterocycles. The van der Waals surface area contributed by atoms with Crippen molar-refractivity contribution in [2.45, 2.75) is 38.6 Å². The molecule has 6 nitrogen and oxygen atoms in total. The molecule has 3 aliphatic rings. The Bertz CT molecular complexity index is 1450. The van der Waals surface area contributed by atoms with Crippen molar-refractivity contribution in [2.75, 3.05) is 31.5 Å². The van der Waals surface area contributed by atoms with Crippen molar-refractivity contribution < 1.29 is 18.4 Å². The van der Waals surface area contributed by atoms with Gasteiger partial charge in [-0.3, -0.25) is 9.59 Å². The zero-order valence-corrected chi connectivity index (χ0v) is 21.3. The fourth-order valence-corrected chi connectivity index (χ4v) is 6.08. The number of H-pyrrole nitrogens is 1. The molecule has 0 saturated carbocycles. The molecule has 3 aromatic rings. The van der Waals surface area contributed by atoms with E-state index in [1.807, 2.05) is 17.9 Å². The van der Waals surface area contributed by atoms with Crippen LogP contribution in [0.1, 0.15) is 53.0 Å². The molecule has 0 aliphatic carbocycles. The summed E-state index contributed by atoms with van der Waals surface area (Å²) in [6.45, 7) is 5.59. The standard InChI is InChI=1S/C30H30F2N4O2/c1-18-15-23(30(38)36-13-9-20(10-14-36)35-11-2-3-12-35)27(33-18)17-24-28-22(5-4-6-26(28)34-29(24)37)21-8-7-19(31)16-25(21)32/h4-8,15-17,20,33H,2-3,9-14H2,1H3,(H,34,37)/b24-17-. The van der Waals surface area contributed by atoms with E-state index in [2.05, 4.69) is 15.2 Å². The first-order chi connectivity index (χ1) is 18.4. The van der Waals surface area contributed by atoms with Crippen LogP contribution in [-0.2, 0) is 4.79 Å². The van der Waals surface area contributed by atoms with Crippen molar-refractivity contribution in [3.8, 4) is 11.1 Å². The fraction of sp³-hybridized carbons (Fsp3) is 0.333. The Kier molecular flexibility index (Phi) is 6.35. The second-order valence-electron chi connectivity index (χ2n) is 10.4. The van der Waals surface area contributed by atoms with Gasteiger partial charge in [0, 0.05) is 47.7 Å². The van der Waals surface area contributed by atoms with Gasteiger partial charge in [0.05, 0.1) is 16.8 Å². The maximum atomic E-state index is 14.7. The number of aromatic amines is 1. The minimum absolute atomic E-state index is 0.0578. The number of likely N-dealkylation sites (tertiary alicyclic amines) is 2. The fourth-order valence-electron chi connectivity index (χ4n) is 6.08. The summed E-state index contributed by atoms with van der Waals surface area (Å²) in [5.74, 6) is -1.77. The Morgan fingerprint density at radius 3 is 2.50 bits per heavy atom. The summed E-state index contributed by atoms with van der Waals surface area (Å²) in [6, 6.07) is 10.9. The molecule has 0 atom stereocenters. The van der Waals surface area contributed by atoms with Gasteiger partial charge < -0.3 is 20.1 Å². The van der Waals surface area contributed by atoms with E-state index >= 15 is 0 Å². The molecule has 2 amide bonds. The molecule has 0 spiro atoms. The van der Waals surface area contributed by atoms with Crippen LogP contribution in [0.25, 0.3) is 22.8 Å². The summed E-state index contributed by atoms with van der Waals surface area (Å²) in [4.78, 5) is 34.4. The van der Waals surface area contributed by atoms with Gasteiger partial charge >= 0.3 is 0 Å². The molecule has 0 unspecified atom stereocenters. The number of fused-ring (bicyclic) bond motifs is 1. The zero-order chi connectivity index (χ0) is 26.4. The number of hydrogen-bond donors (Lipinski definition) is 2. The monoisotopic (exact) mass is 516 g/mol. The first kappa shape index (κ1) is 24.6. The molecule has 0 bridgehead atoms. The van der Waals surface area contributed by atoms with Crippen LogP contribution in [-0.4, -0.2) is 58.8 Å².